The van der Waals surface area contributed by atoms with E-state index in [0.29, 0.717) is 24.9 Å². The highest BCUT2D eigenvalue weighted by Gasteiger charge is 2.36. The number of likely N-dealkylation sites (tertiary alicyclic amines) is 1. The van der Waals surface area contributed by atoms with Crippen LogP contribution in [-0.4, -0.2) is 53.4 Å². The number of pyridine rings is 1. The van der Waals surface area contributed by atoms with Gasteiger partial charge in [0, 0.05) is 51.5 Å². The van der Waals surface area contributed by atoms with Gasteiger partial charge < -0.3 is 14.6 Å². The minimum absolute atomic E-state index is 0.192. The maximum Gasteiger partial charge on any atom is 0.222 e. The fourth-order valence-electron chi connectivity index (χ4n) is 4.88. The molecule has 2 bridgehead atoms. The molecular formula is C23H32N4O2. The topological polar surface area (TPSA) is 61.6 Å². The molecule has 4 rings (SSSR count). The van der Waals surface area contributed by atoms with Gasteiger partial charge in [0.15, 0.2) is 0 Å². The number of fused-ring (bicyclic) bond motifs is 2. The SMILES string of the molecule is CN(Cc1ccco1)C(=O)CCC[C@H]1NC[C@@H]2C[C@@H]1CN(Cc1cccnc1)C2. The molecule has 0 saturated carbocycles. The zero-order chi connectivity index (χ0) is 20.1. The second-order valence-electron chi connectivity index (χ2n) is 8.65. The van der Waals surface area contributed by atoms with Crippen LogP contribution < -0.4 is 5.32 Å². The third-order valence-electron chi connectivity index (χ3n) is 6.32. The van der Waals surface area contributed by atoms with Crippen LogP contribution in [0.4, 0.5) is 0 Å². The maximum absolute atomic E-state index is 12.4. The van der Waals surface area contributed by atoms with Gasteiger partial charge in [0.25, 0.3) is 0 Å². The summed E-state index contributed by atoms with van der Waals surface area (Å²) in [6.07, 6.45) is 9.38. The van der Waals surface area contributed by atoms with Gasteiger partial charge in [-0.3, -0.25) is 14.7 Å². The maximum atomic E-state index is 12.4. The van der Waals surface area contributed by atoms with Crippen molar-refractivity contribution in [2.75, 3.05) is 26.7 Å². The van der Waals surface area contributed by atoms with E-state index in [2.05, 4.69) is 21.3 Å². The Morgan fingerprint density at radius 2 is 2.28 bits per heavy atom. The first-order valence-electron chi connectivity index (χ1n) is 10.8. The van der Waals surface area contributed by atoms with Crippen LogP contribution >= 0.6 is 0 Å². The zero-order valence-electron chi connectivity index (χ0n) is 17.3. The molecule has 0 aliphatic carbocycles. The van der Waals surface area contributed by atoms with Crippen molar-refractivity contribution in [3.8, 4) is 0 Å². The summed E-state index contributed by atoms with van der Waals surface area (Å²) < 4.78 is 5.34. The number of carbonyl (C=O) groups is 1. The molecule has 2 aromatic heterocycles. The van der Waals surface area contributed by atoms with Crippen molar-refractivity contribution in [1.82, 2.24) is 20.1 Å². The fourth-order valence-corrected chi connectivity index (χ4v) is 4.88. The number of aromatic nitrogens is 1. The van der Waals surface area contributed by atoms with Crippen molar-refractivity contribution >= 4 is 5.91 Å². The number of amides is 1. The van der Waals surface area contributed by atoms with Crippen molar-refractivity contribution in [1.29, 1.82) is 0 Å². The first-order valence-corrected chi connectivity index (χ1v) is 10.8. The number of hydrogen-bond donors (Lipinski definition) is 1. The predicted octanol–water partition coefficient (Wildman–Crippen LogP) is 2.91. The Bertz CT molecular complexity index is 764. The van der Waals surface area contributed by atoms with E-state index >= 15 is 0 Å². The summed E-state index contributed by atoms with van der Waals surface area (Å²) in [7, 11) is 1.85. The van der Waals surface area contributed by atoms with Gasteiger partial charge in [0.1, 0.15) is 5.76 Å². The van der Waals surface area contributed by atoms with Gasteiger partial charge in [-0.1, -0.05) is 6.07 Å². The largest absolute Gasteiger partial charge is 0.467 e. The number of nitrogens with zero attached hydrogens (tertiary/aromatic N) is 3. The molecule has 0 radical (unpaired) electrons. The van der Waals surface area contributed by atoms with Gasteiger partial charge in [-0.2, -0.15) is 0 Å². The van der Waals surface area contributed by atoms with Gasteiger partial charge in [0.2, 0.25) is 5.91 Å². The van der Waals surface area contributed by atoms with Gasteiger partial charge in [-0.05, 0) is 61.4 Å². The quantitative estimate of drug-likeness (QED) is 0.743. The summed E-state index contributed by atoms with van der Waals surface area (Å²) in [6.45, 7) is 4.93. The van der Waals surface area contributed by atoms with Crippen molar-refractivity contribution in [2.45, 2.75) is 44.8 Å². The van der Waals surface area contributed by atoms with E-state index in [1.165, 1.54) is 18.5 Å². The van der Waals surface area contributed by atoms with Crippen molar-refractivity contribution in [3.63, 3.8) is 0 Å². The lowest BCUT2D eigenvalue weighted by Gasteiger charge is -2.46. The Labute approximate surface area is 173 Å². The summed E-state index contributed by atoms with van der Waals surface area (Å²) in [5.41, 5.74) is 1.29. The summed E-state index contributed by atoms with van der Waals surface area (Å²) >= 11 is 0. The standard InChI is InChI=1S/C23H32N4O2/c1-26(17-21-6-4-10-29-21)23(28)8-2-7-22-20-11-19(13-25-22)15-27(16-20)14-18-5-3-9-24-12-18/h3-6,9-10,12,19-20,22,25H,2,7-8,11,13-17H2,1H3/t19-,20+,22+/m0/s1. The summed E-state index contributed by atoms with van der Waals surface area (Å²) in [6, 6.07) is 8.47. The molecule has 156 valence electrons. The average molecular weight is 397 g/mol. The summed E-state index contributed by atoms with van der Waals surface area (Å²) in [4.78, 5) is 21.0. The van der Waals surface area contributed by atoms with Gasteiger partial charge in [-0.25, -0.2) is 0 Å². The molecular weight excluding hydrogens is 364 g/mol. The molecule has 2 fully saturated rings. The van der Waals surface area contributed by atoms with Crippen molar-refractivity contribution in [2.24, 2.45) is 11.8 Å². The normalized spacial score (nSPS) is 24.4. The average Bonchev–Trinajstić information content (AvgIpc) is 3.23. The van der Waals surface area contributed by atoms with Crippen LogP contribution in [0.5, 0.6) is 0 Å². The second kappa shape index (κ2) is 9.55. The van der Waals surface area contributed by atoms with E-state index in [1.54, 1.807) is 11.2 Å². The van der Waals surface area contributed by atoms with E-state index in [-0.39, 0.29) is 5.91 Å². The molecule has 2 aromatic rings. The van der Waals surface area contributed by atoms with Crippen LogP contribution in [0.25, 0.3) is 0 Å². The Balaban J connectivity index is 1.22. The van der Waals surface area contributed by atoms with Crippen LogP contribution in [0.15, 0.2) is 47.3 Å². The monoisotopic (exact) mass is 396 g/mol. The van der Waals surface area contributed by atoms with E-state index in [1.807, 2.05) is 37.6 Å². The first kappa shape index (κ1) is 20.1. The molecule has 3 atom stereocenters. The lowest BCUT2D eigenvalue weighted by Crippen LogP contribution is -2.55. The van der Waals surface area contributed by atoms with E-state index in [9.17, 15) is 4.79 Å². The van der Waals surface area contributed by atoms with E-state index in [4.69, 9.17) is 4.42 Å². The van der Waals surface area contributed by atoms with Crippen molar-refractivity contribution < 1.29 is 9.21 Å². The molecule has 0 aromatic carbocycles. The first-order chi connectivity index (χ1) is 14.2. The minimum atomic E-state index is 0.192. The number of hydrogen-bond acceptors (Lipinski definition) is 5. The van der Waals surface area contributed by atoms with Crippen molar-refractivity contribution in [3.05, 3.63) is 54.2 Å². The molecule has 0 unspecified atom stereocenters. The minimum Gasteiger partial charge on any atom is -0.467 e. The van der Waals surface area contributed by atoms with Gasteiger partial charge in [-0.15, -0.1) is 0 Å². The smallest absolute Gasteiger partial charge is 0.222 e. The fraction of sp³-hybridized carbons (Fsp3) is 0.565. The molecule has 1 N–H and O–H groups in total. The highest BCUT2D eigenvalue weighted by atomic mass is 16.3. The molecule has 0 spiro atoms. The lowest BCUT2D eigenvalue weighted by molar-refractivity contribution is -0.130. The molecule has 1 amide bonds. The highest BCUT2D eigenvalue weighted by Crippen LogP contribution is 2.31. The Hall–Kier alpha value is -2.18. The van der Waals surface area contributed by atoms with Crippen LogP contribution in [-0.2, 0) is 17.9 Å². The molecule has 6 heteroatoms. The van der Waals surface area contributed by atoms with E-state index < -0.39 is 0 Å². The van der Waals surface area contributed by atoms with Crippen LogP contribution in [0, 0.1) is 11.8 Å². The second-order valence-corrected chi connectivity index (χ2v) is 8.65. The molecule has 2 saturated heterocycles. The molecule has 29 heavy (non-hydrogen) atoms. The third-order valence-corrected chi connectivity index (χ3v) is 6.32. The third kappa shape index (κ3) is 5.46. The predicted molar refractivity (Wildman–Crippen MR) is 112 cm³/mol. The Morgan fingerprint density at radius 1 is 1.34 bits per heavy atom. The Morgan fingerprint density at radius 3 is 3.07 bits per heavy atom. The number of furan rings is 1. The van der Waals surface area contributed by atoms with Gasteiger partial charge >= 0.3 is 0 Å². The lowest BCUT2D eigenvalue weighted by atomic mass is 9.79. The molecule has 6 nitrogen and oxygen atoms in total. The number of piperidine rings is 2. The van der Waals surface area contributed by atoms with Gasteiger partial charge in [0.05, 0.1) is 12.8 Å². The zero-order valence-corrected chi connectivity index (χ0v) is 17.3. The van der Waals surface area contributed by atoms with Crippen LogP contribution in [0.3, 0.4) is 0 Å². The number of nitrogens with one attached hydrogen (secondary N) is 1. The number of rotatable bonds is 8. The molecule has 2 aliphatic heterocycles. The molecule has 2 aliphatic rings. The highest BCUT2D eigenvalue weighted by molar-refractivity contribution is 5.75. The summed E-state index contributed by atoms with van der Waals surface area (Å²) in [5.74, 6) is 2.44. The Kier molecular flexibility index (Phi) is 6.62. The summed E-state index contributed by atoms with van der Waals surface area (Å²) in [5, 5.41) is 3.77. The molecule has 4 heterocycles. The van der Waals surface area contributed by atoms with Crippen LogP contribution in [0.2, 0.25) is 0 Å². The number of carbonyl (C=O) groups excluding carboxylic acids is 1. The van der Waals surface area contributed by atoms with E-state index in [0.717, 1.165) is 44.2 Å². The van der Waals surface area contributed by atoms with Crippen LogP contribution in [0.1, 0.15) is 37.0 Å².